The molecular formula is C14H21N3O. The smallest absolute Gasteiger partial charge is 0.225 e. The fourth-order valence-electron chi connectivity index (χ4n) is 1.47. The highest BCUT2D eigenvalue weighted by Gasteiger charge is 2.02. The molecule has 0 aliphatic heterocycles. The summed E-state index contributed by atoms with van der Waals surface area (Å²) in [6.07, 6.45) is 2.24. The van der Waals surface area contributed by atoms with Crippen LogP contribution in [-0.4, -0.2) is 33.1 Å². The third-order valence-electron chi connectivity index (χ3n) is 2.48. The zero-order valence-electron chi connectivity index (χ0n) is 11.1. The fraction of sp³-hybridized carbons (Fsp3) is 0.357. The van der Waals surface area contributed by atoms with E-state index >= 15 is 0 Å². The summed E-state index contributed by atoms with van der Waals surface area (Å²) in [7, 11) is 3.97. The Bertz CT molecular complexity index is 385. The molecule has 1 aromatic rings. The standard InChI is InChI=1S/C14H21N3O/c1-4-10-15-11-9-14(18)16-12-5-7-13(8-6-12)17(2)3/h4-8,15H,1,9-11H2,2-3H3,(H,16,18). The van der Waals surface area contributed by atoms with E-state index in [1.54, 1.807) is 6.08 Å². The molecule has 2 N–H and O–H groups in total. The van der Waals surface area contributed by atoms with E-state index in [0.29, 0.717) is 13.0 Å². The number of carbonyl (C=O) groups is 1. The summed E-state index contributed by atoms with van der Waals surface area (Å²) < 4.78 is 0. The zero-order chi connectivity index (χ0) is 13.4. The van der Waals surface area contributed by atoms with Gasteiger partial charge in [0.05, 0.1) is 0 Å². The third-order valence-corrected chi connectivity index (χ3v) is 2.48. The molecule has 0 spiro atoms. The van der Waals surface area contributed by atoms with Crippen LogP contribution in [0, 0.1) is 0 Å². The van der Waals surface area contributed by atoms with E-state index in [9.17, 15) is 4.79 Å². The van der Waals surface area contributed by atoms with Gasteiger partial charge in [-0.25, -0.2) is 0 Å². The Morgan fingerprint density at radius 2 is 2.00 bits per heavy atom. The summed E-state index contributed by atoms with van der Waals surface area (Å²) in [6.45, 7) is 4.99. The number of hydrogen-bond donors (Lipinski definition) is 2. The maximum Gasteiger partial charge on any atom is 0.225 e. The molecule has 1 aromatic carbocycles. The van der Waals surface area contributed by atoms with Crippen molar-refractivity contribution in [3.8, 4) is 0 Å². The summed E-state index contributed by atoms with van der Waals surface area (Å²) in [5.74, 6) is 0.0177. The lowest BCUT2D eigenvalue weighted by Gasteiger charge is -2.13. The van der Waals surface area contributed by atoms with Gasteiger partial charge in [0.15, 0.2) is 0 Å². The van der Waals surface area contributed by atoms with Crippen LogP contribution in [0.15, 0.2) is 36.9 Å². The summed E-state index contributed by atoms with van der Waals surface area (Å²) in [6, 6.07) is 7.77. The lowest BCUT2D eigenvalue weighted by Crippen LogP contribution is -2.21. The molecule has 0 bridgehead atoms. The number of hydrogen-bond acceptors (Lipinski definition) is 3. The molecule has 1 amide bonds. The van der Waals surface area contributed by atoms with Crippen LogP contribution in [0.25, 0.3) is 0 Å². The maximum absolute atomic E-state index is 11.6. The van der Waals surface area contributed by atoms with Gasteiger partial charge in [0.2, 0.25) is 5.91 Å². The molecular weight excluding hydrogens is 226 g/mol. The molecule has 0 aliphatic carbocycles. The number of amides is 1. The molecule has 4 nitrogen and oxygen atoms in total. The van der Waals surface area contributed by atoms with Gasteiger partial charge in [0.1, 0.15) is 0 Å². The maximum atomic E-state index is 11.6. The molecule has 0 aromatic heterocycles. The van der Waals surface area contributed by atoms with Crippen molar-refractivity contribution in [2.75, 3.05) is 37.4 Å². The molecule has 98 valence electrons. The van der Waals surface area contributed by atoms with Crippen LogP contribution in [0.4, 0.5) is 11.4 Å². The third kappa shape index (κ3) is 5.01. The Morgan fingerprint density at radius 1 is 1.33 bits per heavy atom. The van der Waals surface area contributed by atoms with Crippen molar-refractivity contribution in [1.82, 2.24) is 5.32 Å². The van der Waals surface area contributed by atoms with E-state index in [2.05, 4.69) is 17.2 Å². The number of nitrogens with zero attached hydrogens (tertiary/aromatic N) is 1. The Hall–Kier alpha value is -1.81. The Labute approximate surface area is 109 Å². The molecule has 0 radical (unpaired) electrons. The predicted octanol–water partition coefficient (Wildman–Crippen LogP) is 1.86. The van der Waals surface area contributed by atoms with Gasteiger partial charge in [0, 0.05) is 45.0 Å². The second kappa shape index (κ2) is 7.50. The first kappa shape index (κ1) is 14.3. The van der Waals surface area contributed by atoms with Gasteiger partial charge in [-0.1, -0.05) is 6.08 Å². The van der Waals surface area contributed by atoms with Crippen LogP contribution in [0.5, 0.6) is 0 Å². The number of nitrogens with one attached hydrogen (secondary N) is 2. The topological polar surface area (TPSA) is 44.4 Å². The average Bonchev–Trinajstić information content (AvgIpc) is 2.35. The van der Waals surface area contributed by atoms with Crippen molar-refractivity contribution in [3.63, 3.8) is 0 Å². The monoisotopic (exact) mass is 247 g/mol. The first-order chi connectivity index (χ1) is 8.63. The minimum atomic E-state index is 0.0177. The molecule has 0 atom stereocenters. The van der Waals surface area contributed by atoms with Crippen LogP contribution >= 0.6 is 0 Å². The minimum absolute atomic E-state index is 0.0177. The normalized spacial score (nSPS) is 9.89. The first-order valence-corrected chi connectivity index (χ1v) is 6.02. The molecule has 0 heterocycles. The van der Waals surface area contributed by atoms with Crippen molar-refractivity contribution in [1.29, 1.82) is 0 Å². The van der Waals surface area contributed by atoms with Crippen LogP contribution in [-0.2, 0) is 4.79 Å². The summed E-state index contributed by atoms with van der Waals surface area (Å²) in [5, 5.41) is 5.95. The van der Waals surface area contributed by atoms with Gasteiger partial charge in [0.25, 0.3) is 0 Å². The number of benzene rings is 1. The van der Waals surface area contributed by atoms with Gasteiger partial charge in [-0.15, -0.1) is 6.58 Å². The quantitative estimate of drug-likeness (QED) is 0.571. The minimum Gasteiger partial charge on any atom is -0.378 e. The number of carbonyl (C=O) groups excluding carboxylic acids is 1. The number of rotatable bonds is 7. The van der Waals surface area contributed by atoms with Crippen molar-refractivity contribution < 1.29 is 4.79 Å². The summed E-state index contributed by atoms with van der Waals surface area (Å²) in [5.41, 5.74) is 1.94. The molecule has 1 rings (SSSR count). The van der Waals surface area contributed by atoms with E-state index in [1.807, 2.05) is 43.3 Å². The van der Waals surface area contributed by atoms with E-state index in [1.165, 1.54) is 0 Å². The van der Waals surface area contributed by atoms with Gasteiger partial charge >= 0.3 is 0 Å². The molecule has 0 saturated carbocycles. The fourth-order valence-corrected chi connectivity index (χ4v) is 1.47. The van der Waals surface area contributed by atoms with Crippen LogP contribution in [0.2, 0.25) is 0 Å². The summed E-state index contributed by atoms with van der Waals surface area (Å²) in [4.78, 5) is 13.6. The van der Waals surface area contributed by atoms with Gasteiger partial charge < -0.3 is 15.5 Å². The highest BCUT2D eigenvalue weighted by atomic mass is 16.1. The molecule has 18 heavy (non-hydrogen) atoms. The first-order valence-electron chi connectivity index (χ1n) is 6.02. The van der Waals surface area contributed by atoms with Crippen molar-refractivity contribution in [3.05, 3.63) is 36.9 Å². The van der Waals surface area contributed by atoms with Crippen LogP contribution in [0.3, 0.4) is 0 Å². The SMILES string of the molecule is C=CCNCCC(=O)Nc1ccc(N(C)C)cc1. The van der Waals surface area contributed by atoms with Crippen LogP contribution in [0.1, 0.15) is 6.42 Å². The molecule has 0 fully saturated rings. The lowest BCUT2D eigenvalue weighted by molar-refractivity contribution is -0.116. The average molecular weight is 247 g/mol. The largest absolute Gasteiger partial charge is 0.378 e. The Balaban J connectivity index is 2.37. The molecule has 0 unspecified atom stereocenters. The predicted molar refractivity (Wildman–Crippen MR) is 77.1 cm³/mol. The summed E-state index contributed by atoms with van der Waals surface area (Å²) >= 11 is 0. The van der Waals surface area contributed by atoms with Gasteiger partial charge in [-0.05, 0) is 24.3 Å². The second-order valence-corrected chi connectivity index (χ2v) is 4.23. The van der Waals surface area contributed by atoms with Crippen molar-refractivity contribution in [2.24, 2.45) is 0 Å². The molecule has 0 saturated heterocycles. The van der Waals surface area contributed by atoms with E-state index < -0.39 is 0 Å². The van der Waals surface area contributed by atoms with E-state index in [0.717, 1.165) is 17.9 Å². The second-order valence-electron chi connectivity index (χ2n) is 4.23. The highest BCUT2D eigenvalue weighted by Crippen LogP contribution is 2.15. The Morgan fingerprint density at radius 3 is 2.56 bits per heavy atom. The highest BCUT2D eigenvalue weighted by molar-refractivity contribution is 5.90. The molecule has 4 heteroatoms. The van der Waals surface area contributed by atoms with Crippen LogP contribution < -0.4 is 15.5 Å². The zero-order valence-corrected chi connectivity index (χ0v) is 11.1. The van der Waals surface area contributed by atoms with E-state index in [-0.39, 0.29) is 5.91 Å². The van der Waals surface area contributed by atoms with Gasteiger partial charge in [-0.2, -0.15) is 0 Å². The van der Waals surface area contributed by atoms with Gasteiger partial charge in [-0.3, -0.25) is 4.79 Å². The molecule has 0 aliphatic rings. The van der Waals surface area contributed by atoms with E-state index in [4.69, 9.17) is 0 Å². The number of anilines is 2. The van der Waals surface area contributed by atoms with Crippen molar-refractivity contribution in [2.45, 2.75) is 6.42 Å². The van der Waals surface area contributed by atoms with Crippen molar-refractivity contribution >= 4 is 17.3 Å². The Kier molecular flexibility index (Phi) is 5.94. The lowest BCUT2D eigenvalue weighted by atomic mass is 10.2.